The standard InChI is InChI=1S/C19H16N2O3/c1-24-19(23)17(20-13-22)11-14-12-21(15-7-3-2-4-8-15)18-10-6-5-9-16(14)18/h2-10,12,17H,11H2,1H3/t17-/m1/s1. The average Bonchev–Trinajstić information content (AvgIpc) is 3.00. The van der Waals surface area contributed by atoms with Crippen LogP contribution in [0.5, 0.6) is 0 Å². The number of rotatable bonds is 5. The predicted molar refractivity (Wildman–Crippen MR) is 90.9 cm³/mol. The van der Waals surface area contributed by atoms with E-state index in [1.54, 1.807) is 0 Å². The quantitative estimate of drug-likeness (QED) is 0.412. The van der Waals surface area contributed by atoms with Gasteiger partial charge < -0.3 is 9.30 Å². The number of aliphatic imine (C=N–C) groups is 1. The second-order valence-electron chi connectivity index (χ2n) is 5.34. The highest BCUT2D eigenvalue weighted by molar-refractivity contribution is 5.87. The number of carbonyl (C=O) groups is 1. The second kappa shape index (κ2) is 6.94. The minimum atomic E-state index is -0.887. The van der Waals surface area contributed by atoms with Crippen LogP contribution in [0, 0.1) is 0 Å². The van der Waals surface area contributed by atoms with Gasteiger partial charge in [0, 0.05) is 23.7 Å². The van der Waals surface area contributed by atoms with Crippen LogP contribution in [0.3, 0.4) is 0 Å². The van der Waals surface area contributed by atoms with Crippen molar-refractivity contribution in [3.8, 4) is 5.69 Å². The average molecular weight is 320 g/mol. The molecule has 120 valence electrons. The summed E-state index contributed by atoms with van der Waals surface area (Å²) in [7, 11) is 1.28. The number of para-hydroxylation sites is 2. The number of methoxy groups -OCH3 is 1. The molecule has 0 unspecified atom stereocenters. The minimum Gasteiger partial charge on any atom is -0.467 e. The van der Waals surface area contributed by atoms with E-state index in [1.165, 1.54) is 13.2 Å². The number of ether oxygens (including phenoxy) is 1. The van der Waals surface area contributed by atoms with Gasteiger partial charge in [-0.1, -0.05) is 36.4 Å². The molecule has 24 heavy (non-hydrogen) atoms. The second-order valence-corrected chi connectivity index (χ2v) is 5.34. The van der Waals surface area contributed by atoms with Gasteiger partial charge in [-0.15, -0.1) is 0 Å². The van der Waals surface area contributed by atoms with Crippen LogP contribution in [0.25, 0.3) is 16.6 Å². The molecular formula is C19H16N2O3. The first-order valence-corrected chi connectivity index (χ1v) is 7.54. The molecule has 2 aromatic carbocycles. The fourth-order valence-electron chi connectivity index (χ4n) is 2.80. The zero-order chi connectivity index (χ0) is 16.9. The summed E-state index contributed by atoms with van der Waals surface area (Å²) in [6, 6.07) is 16.9. The van der Waals surface area contributed by atoms with E-state index in [1.807, 2.05) is 60.8 Å². The summed E-state index contributed by atoms with van der Waals surface area (Å²) in [5, 5.41) is 1.01. The summed E-state index contributed by atoms with van der Waals surface area (Å²) in [6.45, 7) is 0. The van der Waals surface area contributed by atoms with Gasteiger partial charge in [0.2, 0.25) is 6.08 Å². The Labute approximate surface area is 139 Å². The summed E-state index contributed by atoms with van der Waals surface area (Å²) >= 11 is 0. The molecule has 0 aliphatic rings. The van der Waals surface area contributed by atoms with E-state index in [2.05, 4.69) is 9.56 Å². The molecule has 5 heteroatoms. The molecule has 0 bridgehead atoms. The summed E-state index contributed by atoms with van der Waals surface area (Å²) < 4.78 is 6.78. The molecule has 0 spiro atoms. The van der Waals surface area contributed by atoms with Crippen LogP contribution in [0.15, 0.2) is 65.8 Å². The van der Waals surface area contributed by atoms with Crippen LogP contribution < -0.4 is 0 Å². The molecule has 0 aliphatic carbocycles. The molecule has 1 aromatic heterocycles. The van der Waals surface area contributed by atoms with E-state index in [-0.39, 0.29) is 6.42 Å². The Morgan fingerprint density at radius 2 is 1.88 bits per heavy atom. The molecule has 0 saturated carbocycles. The van der Waals surface area contributed by atoms with Crippen LogP contribution >= 0.6 is 0 Å². The SMILES string of the molecule is COC(=O)[C@@H](Cc1cn(-c2ccccc2)c2ccccc12)N=C=O. The lowest BCUT2D eigenvalue weighted by Gasteiger charge is -2.07. The van der Waals surface area contributed by atoms with Gasteiger partial charge in [0.1, 0.15) is 0 Å². The summed E-state index contributed by atoms with van der Waals surface area (Å²) in [4.78, 5) is 26.0. The number of hydrogen-bond acceptors (Lipinski definition) is 4. The summed E-state index contributed by atoms with van der Waals surface area (Å²) in [5.41, 5.74) is 2.97. The normalized spacial score (nSPS) is 11.7. The number of aromatic nitrogens is 1. The minimum absolute atomic E-state index is 0.280. The van der Waals surface area contributed by atoms with Crippen LogP contribution in [-0.4, -0.2) is 29.8 Å². The van der Waals surface area contributed by atoms with Crippen molar-refractivity contribution in [3.63, 3.8) is 0 Å². The molecule has 0 fully saturated rings. The fraction of sp³-hybridized carbons (Fsp3) is 0.158. The Hall–Kier alpha value is -3.17. The largest absolute Gasteiger partial charge is 0.467 e. The highest BCUT2D eigenvalue weighted by atomic mass is 16.5. The van der Waals surface area contributed by atoms with E-state index < -0.39 is 12.0 Å². The number of isocyanates is 1. The van der Waals surface area contributed by atoms with Crippen molar-refractivity contribution < 1.29 is 14.3 Å². The number of hydrogen-bond donors (Lipinski definition) is 0. The third-order valence-corrected chi connectivity index (χ3v) is 3.92. The van der Waals surface area contributed by atoms with Gasteiger partial charge in [0.15, 0.2) is 6.04 Å². The predicted octanol–water partition coefficient (Wildman–Crippen LogP) is 3.05. The molecule has 0 aliphatic heterocycles. The maximum absolute atomic E-state index is 11.8. The lowest BCUT2D eigenvalue weighted by molar-refractivity contribution is -0.142. The van der Waals surface area contributed by atoms with Gasteiger partial charge >= 0.3 is 5.97 Å². The van der Waals surface area contributed by atoms with Gasteiger partial charge in [0.05, 0.1) is 12.6 Å². The maximum Gasteiger partial charge on any atom is 0.331 e. The lowest BCUT2D eigenvalue weighted by Crippen LogP contribution is -2.22. The van der Waals surface area contributed by atoms with Crippen molar-refractivity contribution in [1.29, 1.82) is 0 Å². The zero-order valence-corrected chi connectivity index (χ0v) is 13.2. The van der Waals surface area contributed by atoms with Crippen molar-refractivity contribution in [3.05, 3.63) is 66.4 Å². The number of fused-ring (bicyclic) bond motifs is 1. The van der Waals surface area contributed by atoms with Crippen LogP contribution in [0.1, 0.15) is 5.56 Å². The zero-order valence-electron chi connectivity index (χ0n) is 13.2. The van der Waals surface area contributed by atoms with E-state index in [0.29, 0.717) is 0 Å². The molecule has 0 radical (unpaired) electrons. The third-order valence-electron chi connectivity index (χ3n) is 3.92. The summed E-state index contributed by atoms with van der Waals surface area (Å²) in [5.74, 6) is -0.546. The maximum atomic E-state index is 11.8. The molecule has 5 nitrogen and oxygen atoms in total. The van der Waals surface area contributed by atoms with Gasteiger partial charge in [-0.25, -0.2) is 9.59 Å². The first kappa shape index (κ1) is 15.7. The van der Waals surface area contributed by atoms with Crippen molar-refractivity contribution in [2.75, 3.05) is 7.11 Å². The number of nitrogens with zero attached hydrogens (tertiary/aromatic N) is 2. The van der Waals surface area contributed by atoms with Gasteiger partial charge in [-0.05, 0) is 23.8 Å². The first-order valence-electron chi connectivity index (χ1n) is 7.54. The lowest BCUT2D eigenvalue weighted by atomic mass is 10.1. The van der Waals surface area contributed by atoms with E-state index in [4.69, 9.17) is 4.74 Å². The molecule has 0 amide bonds. The molecule has 1 atom stereocenters. The molecule has 3 aromatic rings. The highest BCUT2D eigenvalue weighted by Gasteiger charge is 2.21. The van der Waals surface area contributed by atoms with Crippen molar-refractivity contribution in [2.24, 2.45) is 4.99 Å². The van der Waals surface area contributed by atoms with Gasteiger partial charge in [-0.2, -0.15) is 4.99 Å². The number of benzene rings is 2. The molecule has 3 rings (SSSR count). The molecule has 1 heterocycles. The Morgan fingerprint density at radius 3 is 2.58 bits per heavy atom. The Balaban J connectivity index is 2.09. The molecule has 0 saturated heterocycles. The number of esters is 1. The van der Waals surface area contributed by atoms with Crippen molar-refractivity contribution >= 4 is 23.0 Å². The summed E-state index contributed by atoms with van der Waals surface area (Å²) in [6.07, 6.45) is 3.71. The molecular weight excluding hydrogens is 304 g/mol. The Morgan fingerprint density at radius 1 is 1.17 bits per heavy atom. The third kappa shape index (κ3) is 2.98. The number of carbonyl (C=O) groups excluding carboxylic acids is 2. The first-order chi connectivity index (χ1) is 11.7. The smallest absolute Gasteiger partial charge is 0.331 e. The Bertz CT molecular complexity index is 909. The van der Waals surface area contributed by atoms with Crippen LogP contribution in [0.4, 0.5) is 0 Å². The van der Waals surface area contributed by atoms with Crippen molar-refractivity contribution in [2.45, 2.75) is 12.5 Å². The van der Waals surface area contributed by atoms with Crippen molar-refractivity contribution in [1.82, 2.24) is 4.57 Å². The van der Waals surface area contributed by atoms with Gasteiger partial charge in [-0.3, -0.25) is 0 Å². The van der Waals surface area contributed by atoms with E-state index in [0.717, 1.165) is 22.2 Å². The monoisotopic (exact) mass is 320 g/mol. The fourth-order valence-corrected chi connectivity index (χ4v) is 2.80. The van der Waals surface area contributed by atoms with Gasteiger partial charge in [0.25, 0.3) is 0 Å². The topological polar surface area (TPSA) is 60.7 Å². The van der Waals surface area contributed by atoms with E-state index >= 15 is 0 Å². The Kier molecular flexibility index (Phi) is 4.54. The van der Waals surface area contributed by atoms with Crippen LogP contribution in [-0.2, 0) is 20.7 Å². The molecule has 0 N–H and O–H groups in total. The van der Waals surface area contributed by atoms with E-state index in [9.17, 15) is 9.59 Å². The van der Waals surface area contributed by atoms with Crippen LogP contribution in [0.2, 0.25) is 0 Å². The highest BCUT2D eigenvalue weighted by Crippen LogP contribution is 2.26.